The first-order valence-corrected chi connectivity index (χ1v) is 8.18. The lowest BCUT2D eigenvalue weighted by Gasteiger charge is -2.19. The van der Waals surface area contributed by atoms with Crippen LogP contribution in [0.2, 0.25) is 0 Å². The van der Waals surface area contributed by atoms with Crippen molar-refractivity contribution in [2.75, 3.05) is 5.32 Å². The first-order chi connectivity index (χ1) is 11.8. The van der Waals surface area contributed by atoms with E-state index in [1.807, 2.05) is 18.2 Å². The lowest BCUT2D eigenvalue weighted by molar-refractivity contribution is 0.0951. The monoisotopic (exact) mass is 335 g/mol. The summed E-state index contributed by atoms with van der Waals surface area (Å²) >= 11 is 1.58. The summed E-state index contributed by atoms with van der Waals surface area (Å²) in [5, 5.41) is 7.06. The van der Waals surface area contributed by atoms with E-state index in [1.165, 1.54) is 0 Å². The smallest absolute Gasteiger partial charge is 0.251 e. The van der Waals surface area contributed by atoms with Gasteiger partial charge in [-0.15, -0.1) is 0 Å². The molecule has 0 atom stereocenters. The molecular formula is C17H13N5OS. The molecule has 7 heteroatoms. The Bertz CT molecular complexity index is 900. The van der Waals surface area contributed by atoms with Crippen LogP contribution in [0.15, 0.2) is 65.0 Å². The van der Waals surface area contributed by atoms with Crippen LogP contribution in [0.3, 0.4) is 0 Å². The molecule has 6 nitrogen and oxygen atoms in total. The molecule has 3 aromatic rings. The van der Waals surface area contributed by atoms with Crippen LogP contribution in [0.25, 0.3) is 0 Å². The molecule has 118 valence electrons. The van der Waals surface area contributed by atoms with E-state index >= 15 is 0 Å². The van der Waals surface area contributed by atoms with Crippen molar-refractivity contribution in [3.05, 3.63) is 66.2 Å². The summed E-state index contributed by atoms with van der Waals surface area (Å²) in [7, 11) is 0. The van der Waals surface area contributed by atoms with Crippen LogP contribution in [0.1, 0.15) is 15.9 Å². The third-order valence-corrected chi connectivity index (χ3v) is 4.63. The van der Waals surface area contributed by atoms with Crippen molar-refractivity contribution in [2.24, 2.45) is 0 Å². The largest absolute Gasteiger partial charge is 0.348 e. The predicted molar refractivity (Wildman–Crippen MR) is 91.3 cm³/mol. The quantitative estimate of drug-likeness (QED) is 0.599. The molecule has 2 aromatic heterocycles. The van der Waals surface area contributed by atoms with Gasteiger partial charge in [-0.25, -0.2) is 9.97 Å². The van der Waals surface area contributed by atoms with E-state index in [0.717, 1.165) is 27.0 Å². The van der Waals surface area contributed by atoms with E-state index in [0.29, 0.717) is 12.1 Å². The zero-order chi connectivity index (χ0) is 16.4. The summed E-state index contributed by atoms with van der Waals surface area (Å²) in [6.45, 7) is 0.452. The Labute approximate surface area is 142 Å². The van der Waals surface area contributed by atoms with E-state index < -0.39 is 0 Å². The number of fused-ring (bicyclic) bond motifs is 2. The van der Waals surface area contributed by atoms with Gasteiger partial charge in [-0.1, -0.05) is 17.8 Å². The van der Waals surface area contributed by atoms with Gasteiger partial charge in [-0.3, -0.25) is 9.78 Å². The number of nitrogens with one attached hydrogen (secondary N) is 2. The number of carbonyl (C=O) groups is 1. The molecular weight excluding hydrogens is 322 g/mol. The fourth-order valence-corrected chi connectivity index (χ4v) is 3.26. The number of carbonyl (C=O) groups excluding carboxylic acids is 1. The van der Waals surface area contributed by atoms with Gasteiger partial charge in [0, 0.05) is 41.8 Å². The number of amides is 1. The van der Waals surface area contributed by atoms with Crippen molar-refractivity contribution in [3.63, 3.8) is 0 Å². The first kappa shape index (κ1) is 14.6. The van der Waals surface area contributed by atoms with E-state index in [-0.39, 0.29) is 5.91 Å². The standard InChI is InChI=1S/C17H13N5OS/c23-16(12-3-5-18-6-4-12)21-10-11-1-2-14-13(9-11)22-15-17(24-14)20-8-7-19-15/h1-9H,10H2,(H,19,22)(H,21,23). The average Bonchev–Trinajstić information content (AvgIpc) is 2.65. The lowest BCUT2D eigenvalue weighted by Crippen LogP contribution is -2.22. The van der Waals surface area contributed by atoms with Gasteiger partial charge in [0.1, 0.15) is 5.03 Å². The number of rotatable bonds is 3. The molecule has 0 saturated carbocycles. The van der Waals surface area contributed by atoms with Crippen LogP contribution in [0.4, 0.5) is 11.5 Å². The molecule has 0 saturated heterocycles. The topological polar surface area (TPSA) is 79.8 Å². The number of pyridine rings is 1. The molecule has 2 N–H and O–H groups in total. The Morgan fingerprint density at radius 1 is 1.08 bits per heavy atom. The van der Waals surface area contributed by atoms with Crippen LogP contribution in [-0.4, -0.2) is 20.9 Å². The van der Waals surface area contributed by atoms with Crippen molar-refractivity contribution >= 4 is 29.2 Å². The minimum atomic E-state index is -0.117. The van der Waals surface area contributed by atoms with Crippen LogP contribution < -0.4 is 10.6 Å². The number of nitrogens with zero attached hydrogens (tertiary/aromatic N) is 3. The molecule has 24 heavy (non-hydrogen) atoms. The van der Waals surface area contributed by atoms with Crippen LogP contribution in [0.5, 0.6) is 0 Å². The van der Waals surface area contributed by atoms with Crippen molar-refractivity contribution < 1.29 is 4.79 Å². The zero-order valence-corrected chi connectivity index (χ0v) is 13.4. The second-order valence-corrected chi connectivity index (χ2v) is 6.22. The molecule has 0 aliphatic carbocycles. The van der Waals surface area contributed by atoms with Gasteiger partial charge in [0.05, 0.1) is 5.69 Å². The average molecular weight is 335 g/mol. The maximum absolute atomic E-state index is 12.1. The fraction of sp³-hybridized carbons (Fsp3) is 0.0588. The van der Waals surface area contributed by atoms with Gasteiger partial charge in [0.2, 0.25) is 0 Å². The number of benzene rings is 1. The Hall–Kier alpha value is -2.93. The molecule has 0 spiro atoms. The number of hydrogen-bond acceptors (Lipinski definition) is 6. The highest BCUT2D eigenvalue weighted by Gasteiger charge is 2.17. The second kappa shape index (κ2) is 6.29. The molecule has 0 fully saturated rings. The predicted octanol–water partition coefficient (Wildman–Crippen LogP) is 3.01. The summed E-state index contributed by atoms with van der Waals surface area (Å²) in [4.78, 5) is 25.7. The Morgan fingerprint density at radius 2 is 1.92 bits per heavy atom. The molecule has 0 radical (unpaired) electrons. The van der Waals surface area contributed by atoms with Gasteiger partial charge in [0.25, 0.3) is 5.91 Å². The highest BCUT2D eigenvalue weighted by atomic mass is 32.2. The zero-order valence-electron chi connectivity index (χ0n) is 12.6. The summed E-state index contributed by atoms with van der Waals surface area (Å²) in [5.41, 5.74) is 2.58. The third-order valence-electron chi connectivity index (χ3n) is 3.56. The molecule has 4 rings (SSSR count). The summed E-state index contributed by atoms with van der Waals surface area (Å²) in [6.07, 6.45) is 6.55. The third kappa shape index (κ3) is 2.93. The Morgan fingerprint density at radius 3 is 2.79 bits per heavy atom. The van der Waals surface area contributed by atoms with Crippen molar-refractivity contribution in [1.82, 2.24) is 20.3 Å². The van der Waals surface area contributed by atoms with Gasteiger partial charge >= 0.3 is 0 Å². The van der Waals surface area contributed by atoms with Gasteiger partial charge < -0.3 is 10.6 Å². The Balaban J connectivity index is 1.48. The number of aromatic nitrogens is 3. The highest BCUT2D eigenvalue weighted by molar-refractivity contribution is 7.99. The number of anilines is 2. The maximum Gasteiger partial charge on any atom is 0.251 e. The van der Waals surface area contributed by atoms with Gasteiger partial charge in [-0.05, 0) is 29.8 Å². The molecule has 1 amide bonds. The molecule has 1 aliphatic rings. The SMILES string of the molecule is O=C(NCc1ccc2c(c1)Nc1nccnc1S2)c1ccncc1. The van der Waals surface area contributed by atoms with Gasteiger partial charge in [0.15, 0.2) is 5.82 Å². The molecule has 1 aromatic carbocycles. The maximum atomic E-state index is 12.1. The minimum absolute atomic E-state index is 0.117. The van der Waals surface area contributed by atoms with Crippen LogP contribution in [0, 0.1) is 0 Å². The molecule has 1 aliphatic heterocycles. The normalized spacial score (nSPS) is 11.8. The van der Waals surface area contributed by atoms with Crippen molar-refractivity contribution in [1.29, 1.82) is 0 Å². The molecule has 0 bridgehead atoms. The molecule has 0 unspecified atom stereocenters. The van der Waals surface area contributed by atoms with E-state index in [2.05, 4.69) is 25.6 Å². The minimum Gasteiger partial charge on any atom is -0.348 e. The van der Waals surface area contributed by atoms with Gasteiger partial charge in [-0.2, -0.15) is 0 Å². The van der Waals surface area contributed by atoms with E-state index in [4.69, 9.17) is 0 Å². The van der Waals surface area contributed by atoms with Crippen LogP contribution in [-0.2, 0) is 6.54 Å². The summed E-state index contributed by atoms with van der Waals surface area (Å²) in [5.74, 6) is 0.640. The van der Waals surface area contributed by atoms with Crippen LogP contribution >= 0.6 is 11.8 Å². The second-order valence-electron chi connectivity index (χ2n) is 5.19. The lowest BCUT2D eigenvalue weighted by atomic mass is 10.2. The fourth-order valence-electron chi connectivity index (χ4n) is 2.38. The number of hydrogen-bond donors (Lipinski definition) is 2. The van der Waals surface area contributed by atoms with Crippen molar-refractivity contribution in [2.45, 2.75) is 16.5 Å². The summed E-state index contributed by atoms with van der Waals surface area (Å²) in [6, 6.07) is 9.43. The Kier molecular flexibility index (Phi) is 3.84. The molecule has 3 heterocycles. The van der Waals surface area contributed by atoms with Crippen molar-refractivity contribution in [3.8, 4) is 0 Å². The first-order valence-electron chi connectivity index (χ1n) is 7.36. The summed E-state index contributed by atoms with van der Waals surface area (Å²) < 4.78 is 0. The highest BCUT2D eigenvalue weighted by Crippen LogP contribution is 2.41. The van der Waals surface area contributed by atoms with E-state index in [9.17, 15) is 4.79 Å². The van der Waals surface area contributed by atoms with E-state index in [1.54, 1.807) is 48.7 Å².